The Morgan fingerprint density at radius 2 is 1.28 bits per heavy atom. The van der Waals surface area contributed by atoms with E-state index in [9.17, 15) is 49.4 Å². The first-order chi connectivity index (χ1) is 21.4. The lowest BCUT2D eigenvalue weighted by atomic mass is 9.72. The quantitative estimate of drug-likeness (QED) is 0.233. The molecule has 2 N–H and O–H groups in total. The van der Waals surface area contributed by atoms with Gasteiger partial charge >= 0.3 is 24.6 Å². The maximum atomic E-state index is 13.6. The van der Waals surface area contributed by atoms with Crippen molar-refractivity contribution in [3.8, 4) is 16.9 Å². The molecule has 0 spiro atoms. The van der Waals surface area contributed by atoms with Crippen LogP contribution in [0.5, 0.6) is 5.75 Å². The number of hydrogen-bond acceptors (Lipinski definition) is 4. The summed E-state index contributed by atoms with van der Waals surface area (Å²) < 4.78 is 133. The summed E-state index contributed by atoms with van der Waals surface area (Å²) in [7, 11) is 1.38. The minimum Gasteiger partial charge on any atom is -0.496 e. The van der Waals surface area contributed by atoms with Crippen molar-refractivity contribution in [3.63, 3.8) is 0 Å². The van der Waals surface area contributed by atoms with Gasteiger partial charge in [-0.25, -0.2) is 4.79 Å². The minimum absolute atomic E-state index is 0.00485. The Morgan fingerprint density at radius 1 is 0.745 bits per heavy atom. The Bertz CT molecular complexity index is 1560. The number of nitrogens with one attached hydrogen (secondary N) is 1. The normalized spacial score (nSPS) is 14.1. The van der Waals surface area contributed by atoms with Gasteiger partial charge in [-0.2, -0.15) is 39.5 Å². The Morgan fingerprint density at radius 3 is 1.74 bits per heavy atom. The summed E-state index contributed by atoms with van der Waals surface area (Å²) in [6, 6.07) is 8.68. The number of alkyl halides is 9. The number of amides is 1. The van der Waals surface area contributed by atoms with Gasteiger partial charge in [0.15, 0.2) is 0 Å². The maximum absolute atomic E-state index is 13.6. The average molecular weight is 680 g/mol. The van der Waals surface area contributed by atoms with E-state index in [2.05, 4.69) is 5.32 Å². The van der Waals surface area contributed by atoms with Crippen molar-refractivity contribution in [3.05, 3.63) is 88.0 Å². The molecule has 1 unspecified atom stereocenters. The molecule has 0 fully saturated rings. The zero-order valence-electron chi connectivity index (χ0n) is 26.3. The molecule has 0 saturated carbocycles. The highest BCUT2D eigenvalue weighted by atomic mass is 19.4. The zero-order valence-corrected chi connectivity index (χ0v) is 26.3. The van der Waals surface area contributed by atoms with Crippen LogP contribution in [0.2, 0.25) is 0 Å². The molecule has 0 radical (unpaired) electrons. The molecule has 0 aromatic heterocycles. The van der Waals surface area contributed by atoms with E-state index >= 15 is 0 Å². The fourth-order valence-electron chi connectivity index (χ4n) is 4.79. The number of aliphatic hydroxyl groups is 1. The van der Waals surface area contributed by atoms with E-state index in [1.165, 1.54) is 33.9 Å². The maximum Gasteiger partial charge on any atom is 0.416 e. The third-order valence-electron chi connectivity index (χ3n) is 7.75. The number of carbonyl (C=O) groups excluding carboxylic acids is 1. The van der Waals surface area contributed by atoms with Crippen molar-refractivity contribution < 1.29 is 58.9 Å². The number of hydrogen-bond donors (Lipinski definition) is 2. The smallest absolute Gasteiger partial charge is 0.416 e. The van der Waals surface area contributed by atoms with E-state index in [0.29, 0.717) is 23.4 Å². The van der Waals surface area contributed by atoms with E-state index < -0.39 is 71.0 Å². The van der Waals surface area contributed by atoms with Gasteiger partial charge in [-0.15, -0.1) is 0 Å². The molecule has 5 nitrogen and oxygen atoms in total. The molecule has 258 valence electrons. The molecule has 0 aliphatic heterocycles. The van der Waals surface area contributed by atoms with E-state index in [4.69, 9.17) is 9.47 Å². The Kier molecular flexibility index (Phi) is 10.6. The molecule has 1 atom stereocenters. The molecule has 0 aliphatic rings. The standard InChI is InChI=1S/C33H34F9NO4/c1-18(2)19-7-10-27(46-6)26(12-19)25-9-8-21(31(34,35)36)11-20(25)16-43-28(44)47-17-30(45,29(3,4)5)22-13-23(32(37,38)39)15-24(14-22)33(40,41)42/h7-15,18,45H,16-17H2,1-6H3,(H,43,44). The van der Waals surface area contributed by atoms with Crippen molar-refractivity contribution in [1.82, 2.24) is 5.32 Å². The highest BCUT2D eigenvalue weighted by molar-refractivity contribution is 5.75. The number of alkyl carbamates (subject to hydrolysis) is 1. The lowest BCUT2D eigenvalue weighted by molar-refractivity contribution is -0.144. The number of halogens is 9. The molecule has 0 bridgehead atoms. The highest BCUT2D eigenvalue weighted by Crippen LogP contribution is 2.44. The van der Waals surface area contributed by atoms with Crippen molar-refractivity contribution >= 4 is 6.09 Å². The van der Waals surface area contributed by atoms with Gasteiger partial charge in [-0.3, -0.25) is 0 Å². The predicted octanol–water partition coefficient (Wildman–Crippen LogP) is 9.70. The number of ether oxygens (including phenoxy) is 2. The van der Waals surface area contributed by atoms with Crippen LogP contribution in [0.3, 0.4) is 0 Å². The second-order valence-corrected chi connectivity index (χ2v) is 12.3. The Hall–Kier alpha value is -3.94. The van der Waals surface area contributed by atoms with Crippen molar-refractivity contribution in [2.45, 2.75) is 71.2 Å². The van der Waals surface area contributed by atoms with Crippen molar-refractivity contribution in [2.75, 3.05) is 13.7 Å². The molecule has 14 heteroatoms. The molecule has 3 aromatic carbocycles. The fraction of sp³-hybridized carbons (Fsp3) is 0.424. The van der Waals surface area contributed by atoms with E-state index in [-0.39, 0.29) is 23.1 Å². The van der Waals surface area contributed by atoms with Gasteiger partial charge in [0.25, 0.3) is 0 Å². The zero-order chi connectivity index (χ0) is 35.8. The van der Waals surface area contributed by atoms with Gasteiger partial charge in [0.05, 0.1) is 23.8 Å². The van der Waals surface area contributed by atoms with Crippen molar-refractivity contribution in [2.24, 2.45) is 5.41 Å². The first-order valence-electron chi connectivity index (χ1n) is 14.2. The third-order valence-corrected chi connectivity index (χ3v) is 7.75. The summed E-state index contributed by atoms with van der Waals surface area (Å²) in [6.07, 6.45) is -16.4. The second-order valence-electron chi connectivity index (χ2n) is 12.3. The monoisotopic (exact) mass is 679 g/mol. The first kappa shape index (κ1) is 37.5. The van der Waals surface area contributed by atoms with Crippen LogP contribution in [-0.2, 0) is 35.4 Å². The molecule has 47 heavy (non-hydrogen) atoms. The summed E-state index contributed by atoms with van der Waals surface area (Å²) in [5.41, 5.74) is -7.66. The highest BCUT2D eigenvalue weighted by Gasteiger charge is 2.46. The molecule has 3 rings (SSSR count). The van der Waals surface area contributed by atoms with Crippen LogP contribution in [0.4, 0.5) is 44.3 Å². The van der Waals surface area contributed by atoms with Gasteiger partial charge in [0.2, 0.25) is 0 Å². The molecule has 0 heterocycles. The van der Waals surface area contributed by atoms with E-state index in [1.54, 1.807) is 18.2 Å². The van der Waals surface area contributed by atoms with Gasteiger partial charge in [0.1, 0.15) is 18.0 Å². The lowest BCUT2D eigenvalue weighted by Crippen LogP contribution is -2.46. The molecule has 3 aromatic rings. The van der Waals surface area contributed by atoms with Gasteiger partial charge in [-0.05, 0) is 76.1 Å². The van der Waals surface area contributed by atoms with E-state index in [0.717, 1.165) is 17.7 Å². The van der Waals surface area contributed by atoms with Gasteiger partial charge < -0.3 is 19.9 Å². The fourth-order valence-corrected chi connectivity index (χ4v) is 4.79. The Labute approximate surface area is 265 Å². The van der Waals surface area contributed by atoms with Crippen LogP contribution < -0.4 is 10.1 Å². The van der Waals surface area contributed by atoms with Crippen LogP contribution in [0.15, 0.2) is 54.6 Å². The topological polar surface area (TPSA) is 67.8 Å². The summed E-state index contributed by atoms with van der Waals surface area (Å²) in [5.74, 6) is 0.392. The minimum atomic E-state index is -5.20. The molecular weight excluding hydrogens is 645 g/mol. The van der Waals surface area contributed by atoms with Crippen LogP contribution >= 0.6 is 0 Å². The van der Waals surface area contributed by atoms with Crippen LogP contribution in [-0.4, -0.2) is 24.9 Å². The van der Waals surface area contributed by atoms with Gasteiger partial charge in [0, 0.05) is 12.1 Å². The third kappa shape index (κ3) is 8.70. The summed E-state index contributed by atoms with van der Waals surface area (Å²) in [4.78, 5) is 12.8. The summed E-state index contributed by atoms with van der Waals surface area (Å²) in [6.45, 7) is 6.14. The number of methoxy groups -OCH3 is 1. The van der Waals surface area contributed by atoms with Gasteiger partial charge in [-0.1, -0.05) is 46.8 Å². The SMILES string of the molecule is COc1ccc(C(C)C)cc1-c1ccc(C(F)(F)F)cc1CNC(=O)OCC(O)(c1cc(C(F)(F)F)cc(C(F)(F)F)c1)C(C)(C)C. The van der Waals surface area contributed by atoms with Crippen LogP contribution in [0.25, 0.3) is 11.1 Å². The largest absolute Gasteiger partial charge is 0.496 e. The number of benzene rings is 3. The summed E-state index contributed by atoms with van der Waals surface area (Å²) in [5, 5.41) is 13.8. The number of carbonyl (C=O) groups is 1. The molecular formula is C33H34F9NO4. The summed E-state index contributed by atoms with van der Waals surface area (Å²) >= 11 is 0. The second kappa shape index (κ2) is 13.3. The first-order valence-corrected chi connectivity index (χ1v) is 14.2. The number of rotatable bonds is 8. The predicted molar refractivity (Wildman–Crippen MR) is 156 cm³/mol. The van der Waals surface area contributed by atoms with Crippen LogP contribution in [0, 0.1) is 5.41 Å². The molecule has 1 amide bonds. The average Bonchev–Trinajstić information content (AvgIpc) is 2.96. The molecule has 0 saturated heterocycles. The van der Waals surface area contributed by atoms with Crippen molar-refractivity contribution in [1.29, 1.82) is 0 Å². The molecule has 0 aliphatic carbocycles. The lowest BCUT2D eigenvalue weighted by Gasteiger charge is -2.40. The Balaban J connectivity index is 1.98. The van der Waals surface area contributed by atoms with E-state index in [1.807, 2.05) is 13.8 Å². The van der Waals surface area contributed by atoms with Crippen LogP contribution in [0.1, 0.15) is 73.9 Å².